The van der Waals surface area contributed by atoms with Gasteiger partial charge in [0.2, 0.25) is 0 Å². The van der Waals surface area contributed by atoms with E-state index in [0.717, 1.165) is 11.3 Å². The summed E-state index contributed by atoms with van der Waals surface area (Å²) < 4.78 is 18.4. The van der Waals surface area contributed by atoms with E-state index in [-0.39, 0.29) is 5.82 Å². The van der Waals surface area contributed by atoms with E-state index < -0.39 is 0 Å². The minimum absolute atomic E-state index is 0.294. The lowest BCUT2D eigenvalue weighted by molar-refractivity contribution is 0.340. The topological polar surface area (TPSA) is 73.1 Å². The van der Waals surface area contributed by atoms with E-state index in [2.05, 4.69) is 15.3 Å². The van der Waals surface area contributed by atoms with Crippen LogP contribution in [0.4, 0.5) is 21.7 Å². The summed E-state index contributed by atoms with van der Waals surface area (Å²) in [6.45, 7) is 2.54. The van der Waals surface area contributed by atoms with Crippen molar-refractivity contribution in [3.8, 4) is 17.1 Å². The minimum Gasteiger partial charge on any atom is -0.494 e. The van der Waals surface area contributed by atoms with E-state index >= 15 is 0 Å². The molecule has 6 heteroatoms. The van der Waals surface area contributed by atoms with E-state index in [1.165, 1.54) is 12.1 Å². The monoisotopic (exact) mass is 324 g/mol. The van der Waals surface area contributed by atoms with Gasteiger partial charge in [-0.3, -0.25) is 0 Å². The second-order valence-electron chi connectivity index (χ2n) is 5.09. The van der Waals surface area contributed by atoms with Crippen LogP contribution < -0.4 is 15.8 Å². The Morgan fingerprint density at radius 1 is 1.04 bits per heavy atom. The Hall–Kier alpha value is -3.15. The van der Waals surface area contributed by atoms with Crippen molar-refractivity contribution in [2.24, 2.45) is 0 Å². The van der Waals surface area contributed by atoms with Crippen molar-refractivity contribution in [2.45, 2.75) is 6.92 Å². The molecule has 3 rings (SSSR count). The fourth-order valence-electron chi connectivity index (χ4n) is 2.21. The Kier molecular flexibility index (Phi) is 4.56. The smallest absolute Gasteiger partial charge is 0.163 e. The van der Waals surface area contributed by atoms with Crippen LogP contribution in [0.5, 0.6) is 5.75 Å². The van der Waals surface area contributed by atoms with Crippen molar-refractivity contribution in [1.82, 2.24) is 9.97 Å². The summed E-state index contributed by atoms with van der Waals surface area (Å²) in [5, 5.41) is 3.09. The van der Waals surface area contributed by atoms with E-state index in [1.54, 1.807) is 18.2 Å². The number of nitrogens with one attached hydrogen (secondary N) is 1. The van der Waals surface area contributed by atoms with Gasteiger partial charge in [0.25, 0.3) is 0 Å². The Bertz CT molecular complexity index is 819. The van der Waals surface area contributed by atoms with Crippen molar-refractivity contribution in [1.29, 1.82) is 0 Å². The summed E-state index contributed by atoms with van der Waals surface area (Å²) in [7, 11) is 0. The maximum absolute atomic E-state index is 13.0. The molecule has 0 aliphatic rings. The normalized spacial score (nSPS) is 10.4. The Labute approximate surface area is 139 Å². The van der Waals surface area contributed by atoms with Crippen LogP contribution in [-0.2, 0) is 0 Å². The molecule has 5 nitrogen and oxygen atoms in total. The molecule has 1 heterocycles. The molecule has 0 aliphatic heterocycles. The SMILES string of the molecule is CCOc1ccc(-c2nc(N)cc(Nc3ccc(F)cc3)n2)cc1. The van der Waals surface area contributed by atoms with Gasteiger partial charge in [0.15, 0.2) is 5.82 Å². The maximum atomic E-state index is 13.0. The zero-order valence-corrected chi connectivity index (χ0v) is 13.2. The predicted molar refractivity (Wildman–Crippen MR) is 92.7 cm³/mol. The average Bonchev–Trinajstić information content (AvgIpc) is 2.57. The molecule has 3 aromatic rings. The van der Waals surface area contributed by atoms with Gasteiger partial charge in [0.1, 0.15) is 23.2 Å². The summed E-state index contributed by atoms with van der Waals surface area (Å²) in [4.78, 5) is 8.72. The number of halogens is 1. The number of nitrogen functional groups attached to an aromatic ring is 1. The van der Waals surface area contributed by atoms with Gasteiger partial charge in [0, 0.05) is 17.3 Å². The van der Waals surface area contributed by atoms with Crippen molar-refractivity contribution in [3.63, 3.8) is 0 Å². The highest BCUT2D eigenvalue weighted by molar-refractivity contribution is 5.64. The Morgan fingerprint density at radius 3 is 2.42 bits per heavy atom. The molecule has 0 amide bonds. The van der Waals surface area contributed by atoms with Gasteiger partial charge in [-0.05, 0) is 55.5 Å². The number of anilines is 3. The van der Waals surface area contributed by atoms with Gasteiger partial charge in [-0.25, -0.2) is 14.4 Å². The standard InChI is InChI=1S/C18H17FN4O/c1-2-24-15-9-3-12(4-10-15)18-22-16(20)11-17(23-18)21-14-7-5-13(19)6-8-14/h3-11H,2H2,1H3,(H3,20,21,22,23). The van der Waals surface area contributed by atoms with Crippen molar-refractivity contribution in [2.75, 3.05) is 17.7 Å². The number of benzene rings is 2. The zero-order chi connectivity index (χ0) is 16.9. The highest BCUT2D eigenvalue weighted by Gasteiger charge is 2.06. The van der Waals surface area contributed by atoms with E-state index in [9.17, 15) is 4.39 Å². The molecule has 0 aliphatic carbocycles. The number of nitrogens with two attached hydrogens (primary N) is 1. The van der Waals surface area contributed by atoms with Crippen LogP contribution in [0, 0.1) is 5.82 Å². The highest BCUT2D eigenvalue weighted by Crippen LogP contribution is 2.23. The zero-order valence-electron chi connectivity index (χ0n) is 13.2. The third-order valence-electron chi connectivity index (χ3n) is 3.29. The lowest BCUT2D eigenvalue weighted by atomic mass is 10.2. The second kappa shape index (κ2) is 6.95. The van der Waals surface area contributed by atoms with Crippen molar-refractivity contribution >= 4 is 17.3 Å². The fourth-order valence-corrected chi connectivity index (χ4v) is 2.21. The summed E-state index contributed by atoms with van der Waals surface area (Å²) in [5.41, 5.74) is 7.42. The number of aromatic nitrogens is 2. The molecule has 0 radical (unpaired) electrons. The lowest BCUT2D eigenvalue weighted by Crippen LogP contribution is -2.01. The third-order valence-corrected chi connectivity index (χ3v) is 3.29. The summed E-state index contributed by atoms with van der Waals surface area (Å²) in [5.74, 6) is 1.88. The lowest BCUT2D eigenvalue weighted by Gasteiger charge is -2.09. The first kappa shape index (κ1) is 15.7. The molecule has 0 saturated heterocycles. The first-order valence-electron chi connectivity index (χ1n) is 7.54. The quantitative estimate of drug-likeness (QED) is 0.742. The van der Waals surface area contributed by atoms with Crippen LogP contribution in [0.3, 0.4) is 0 Å². The summed E-state index contributed by atoms with van der Waals surface area (Å²) in [6.07, 6.45) is 0. The van der Waals surface area contributed by atoms with E-state index in [0.29, 0.717) is 29.8 Å². The van der Waals surface area contributed by atoms with Crippen molar-refractivity contribution in [3.05, 3.63) is 60.4 Å². The average molecular weight is 324 g/mol. The molecule has 3 N–H and O–H groups in total. The molecule has 0 fully saturated rings. The molecule has 0 unspecified atom stereocenters. The molecule has 0 bridgehead atoms. The maximum Gasteiger partial charge on any atom is 0.163 e. The van der Waals surface area contributed by atoms with Crippen LogP contribution in [0.15, 0.2) is 54.6 Å². The molecular formula is C18H17FN4O. The largest absolute Gasteiger partial charge is 0.494 e. The van der Waals surface area contributed by atoms with Crippen LogP contribution in [-0.4, -0.2) is 16.6 Å². The number of nitrogens with zero attached hydrogens (tertiary/aromatic N) is 2. The molecule has 2 aromatic carbocycles. The first-order valence-corrected chi connectivity index (χ1v) is 7.54. The van der Waals surface area contributed by atoms with Crippen LogP contribution in [0.1, 0.15) is 6.92 Å². The van der Waals surface area contributed by atoms with Gasteiger partial charge in [-0.2, -0.15) is 0 Å². The van der Waals surface area contributed by atoms with Gasteiger partial charge in [-0.15, -0.1) is 0 Å². The second-order valence-corrected chi connectivity index (χ2v) is 5.09. The fraction of sp³-hybridized carbons (Fsp3) is 0.111. The van der Waals surface area contributed by atoms with Gasteiger partial charge in [-0.1, -0.05) is 0 Å². The molecule has 24 heavy (non-hydrogen) atoms. The number of hydrogen-bond acceptors (Lipinski definition) is 5. The van der Waals surface area contributed by atoms with Gasteiger partial charge in [0.05, 0.1) is 6.61 Å². The van der Waals surface area contributed by atoms with Gasteiger partial charge < -0.3 is 15.8 Å². The number of ether oxygens (including phenoxy) is 1. The predicted octanol–water partition coefficient (Wildman–Crippen LogP) is 4.01. The highest BCUT2D eigenvalue weighted by atomic mass is 19.1. The summed E-state index contributed by atoms with van der Waals surface area (Å²) in [6, 6.07) is 15.1. The van der Waals surface area contributed by atoms with Crippen LogP contribution >= 0.6 is 0 Å². The van der Waals surface area contributed by atoms with Crippen LogP contribution in [0.25, 0.3) is 11.4 Å². The first-order chi connectivity index (χ1) is 11.6. The molecular weight excluding hydrogens is 307 g/mol. The minimum atomic E-state index is -0.294. The number of hydrogen-bond donors (Lipinski definition) is 2. The van der Waals surface area contributed by atoms with Crippen molar-refractivity contribution < 1.29 is 9.13 Å². The molecule has 0 saturated carbocycles. The third kappa shape index (κ3) is 3.78. The molecule has 0 atom stereocenters. The van der Waals surface area contributed by atoms with Gasteiger partial charge >= 0.3 is 0 Å². The number of rotatable bonds is 5. The molecule has 0 spiro atoms. The Morgan fingerprint density at radius 2 is 1.75 bits per heavy atom. The van der Waals surface area contributed by atoms with E-state index in [1.807, 2.05) is 31.2 Å². The van der Waals surface area contributed by atoms with E-state index in [4.69, 9.17) is 10.5 Å². The molecule has 1 aromatic heterocycles. The Balaban J connectivity index is 1.86. The molecule has 122 valence electrons. The summed E-state index contributed by atoms with van der Waals surface area (Å²) >= 11 is 0. The van der Waals surface area contributed by atoms with Crippen LogP contribution in [0.2, 0.25) is 0 Å².